The molecule has 0 spiro atoms. The van der Waals surface area contributed by atoms with Gasteiger partial charge in [-0.15, -0.1) is 0 Å². The second-order valence-electron chi connectivity index (χ2n) is 5.00. The Hall–Kier alpha value is -1.20. The Morgan fingerprint density at radius 2 is 2.10 bits per heavy atom. The smallest absolute Gasteiger partial charge is 0.0738 e. The van der Waals surface area contributed by atoms with Crippen molar-refractivity contribution in [2.24, 2.45) is 0 Å². The van der Waals surface area contributed by atoms with E-state index in [1.165, 1.54) is 16.8 Å². The van der Waals surface area contributed by atoms with Crippen molar-refractivity contribution in [3.8, 4) is 0 Å². The zero-order valence-corrected chi connectivity index (χ0v) is 14.0. The minimum absolute atomic E-state index is 0.236. The number of rotatable bonds is 5. The monoisotopic (exact) mass is 336 g/mol. The lowest BCUT2D eigenvalue weighted by Crippen LogP contribution is -2.21. The van der Waals surface area contributed by atoms with Crippen LogP contribution < -0.4 is 5.32 Å². The van der Waals surface area contributed by atoms with Crippen molar-refractivity contribution in [2.45, 2.75) is 39.8 Å². The van der Waals surface area contributed by atoms with E-state index in [0.717, 1.165) is 23.1 Å². The van der Waals surface area contributed by atoms with Crippen molar-refractivity contribution in [2.75, 3.05) is 7.05 Å². The minimum atomic E-state index is 0.236. The molecule has 0 fully saturated rings. The first kappa shape index (κ1) is 15.2. The van der Waals surface area contributed by atoms with Gasteiger partial charge in [0.2, 0.25) is 0 Å². The summed E-state index contributed by atoms with van der Waals surface area (Å²) in [5.74, 6) is 0. The van der Waals surface area contributed by atoms with Crippen LogP contribution in [-0.4, -0.2) is 21.8 Å². The Morgan fingerprint density at radius 1 is 1.35 bits per heavy atom. The summed E-state index contributed by atoms with van der Waals surface area (Å²) in [5, 5.41) is 7.93. The zero-order chi connectivity index (χ0) is 14.7. The molecule has 1 unspecified atom stereocenters. The fraction of sp³-hybridized carbons (Fsp3) is 0.467. The standard InChI is InChI=1S/C15H21BrN4/c1-5-20-14(15(16)11(3)19-20)7-13(17-4)12-6-10(2)8-18-9-12/h6,8-9,13,17H,5,7H2,1-4H3. The Bertz CT molecular complexity index is 592. The van der Waals surface area contributed by atoms with Gasteiger partial charge in [0.05, 0.1) is 15.9 Å². The van der Waals surface area contributed by atoms with E-state index in [0.29, 0.717) is 0 Å². The maximum atomic E-state index is 4.55. The SMILES string of the molecule is CCn1nc(C)c(Br)c1CC(NC)c1cncc(C)c1. The predicted octanol–water partition coefficient (Wildman–Crippen LogP) is 3.18. The first-order valence-electron chi connectivity index (χ1n) is 6.87. The summed E-state index contributed by atoms with van der Waals surface area (Å²) in [6.07, 6.45) is 4.70. The summed E-state index contributed by atoms with van der Waals surface area (Å²) in [4.78, 5) is 4.29. The maximum absolute atomic E-state index is 4.55. The van der Waals surface area contributed by atoms with E-state index in [1.54, 1.807) is 0 Å². The van der Waals surface area contributed by atoms with Crippen LogP contribution in [0.25, 0.3) is 0 Å². The first-order chi connectivity index (χ1) is 9.56. The van der Waals surface area contributed by atoms with Gasteiger partial charge in [0.25, 0.3) is 0 Å². The number of hydrogen-bond donors (Lipinski definition) is 1. The molecule has 0 aliphatic heterocycles. The molecular weight excluding hydrogens is 316 g/mol. The molecule has 20 heavy (non-hydrogen) atoms. The average Bonchev–Trinajstić information content (AvgIpc) is 2.71. The van der Waals surface area contributed by atoms with E-state index in [4.69, 9.17) is 0 Å². The molecular formula is C15H21BrN4. The summed E-state index contributed by atoms with van der Waals surface area (Å²) in [6, 6.07) is 2.42. The number of aryl methyl sites for hydroxylation is 3. The molecule has 0 saturated heterocycles. The zero-order valence-electron chi connectivity index (χ0n) is 12.4. The van der Waals surface area contributed by atoms with Crippen molar-refractivity contribution < 1.29 is 0 Å². The molecule has 1 atom stereocenters. The molecule has 2 aromatic rings. The number of likely N-dealkylation sites (N-methyl/N-ethyl adjacent to an activating group) is 1. The Balaban J connectivity index is 2.31. The van der Waals surface area contributed by atoms with Gasteiger partial charge in [-0.05, 0) is 54.9 Å². The molecule has 0 radical (unpaired) electrons. The fourth-order valence-corrected chi connectivity index (χ4v) is 2.86. The molecule has 0 aliphatic rings. The fourth-order valence-electron chi connectivity index (χ4n) is 2.41. The van der Waals surface area contributed by atoms with Gasteiger partial charge in [0.15, 0.2) is 0 Å². The van der Waals surface area contributed by atoms with Crippen molar-refractivity contribution in [3.63, 3.8) is 0 Å². The highest BCUT2D eigenvalue weighted by atomic mass is 79.9. The van der Waals surface area contributed by atoms with Crippen LogP contribution in [0.4, 0.5) is 0 Å². The van der Waals surface area contributed by atoms with Crippen molar-refractivity contribution in [1.29, 1.82) is 0 Å². The van der Waals surface area contributed by atoms with Gasteiger partial charge in [-0.3, -0.25) is 9.67 Å². The Morgan fingerprint density at radius 3 is 2.70 bits per heavy atom. The van der Waals surface area contributed by atoms with E-state index in [1.807, 2.05) is 26.4 Å². The first-order valence-corrected chi connectivity index (χ1v) is 7.66. The molecule has 2 rings (SSSR count). The molecule has 1 N–H and O–H groups in total. The number of halogens is 1. The highest BCUT2D eigenvalue weighted by Gasteiger charge is 2.18. The van der Waals surface area contributed by atoms with Crippen LogP contribution in [0, 0.1) is 13.8 Å². The largest absolute Gasteiger partial charge is 0.313 e. The molecule has 2 aromatic heterocycles. The molecule has 0 aliphatic carbocycles. The van der Waals surface area contributed by atoms with E-state index in [2.05, 4.69) is 55.9 Å². The Kier molecular flexibility index (Phi) is 4.94. The summed E-state index contributed by atoms with van der Waals surface area (Å²) in [5.41, 5.74) is 4.66. The molecule has 108 valence electrons. The van der Waals surface area contributed by atoms with E-state index >= 15 is 0 Å². The third-order valence-electron chi connectivity index (χ3n) is 3.50. The summed E-state index contributed by atoms with van der Waals surface area (Å²) < 4.78 is 3.17. The van der Waals surface area contributed by atoms with Gasteiger partial charge in [-0.1, -0.05) is 6.07 Å². The van der Waals surface area contributed by atoms with Gasteiger partial charge in [0, 0.05) is 31.4 Å². The van der Waals surface area contributed by atoms with Gasteiger partial charge >= 0.3 is 0 Å². The van der Waals surface area contributed by atoms with Crippen molar-refractivity contribution >= 4 is 15.9 Å². The quantitative estimate of drug-likeness (QED) is 0.911. The van der Waals surface area contributed by atoms with Crippen LogP contribution in [0.1, 0.15) is 35.5 Å². The van der Waals surface area contributed by atoms with Crippen LogP contribution in [0.15, 0.2) is 22.9 Å². The number of aromatic nitrogens is 3. The van der Waals surface area contributed by atoms with Crippen LogP contribution in [0.3, 0.4) is 0 Å². The molecule has 0 amide bonds. The summed E-state index contributed by atoms with van der Waals surface area (Å²) in [6.45, 7) is 7.09. The molecule has 0 bridgehead atoms. The number of pyridine rings is 1. The van der Waals surface area contributed by atoms with E-state index in [-0.39, 0.29) is 6.04 Å². The van der Waals surface area contributed by atoms with Gasteiger partial charge in [0.1, 0.15) is 0 Å². The molecule has 2 heterocycles. The molecule has 4 nitrogen and oxygen atoms in total. The van der Waals surface area contributed by atoms with Crippen LogP contribution in [0.5, 0.6) is 0 Å². The molecule has 0 aromatic carbocycles. The van der Waals surface area contributed by atoms with Gasteiger partial charge < -0.3 is 5.32 Å². The number of hydrogen-bond acceptors (Lipinski definition) is 3. The predicted molar refractivity (Wildman–Crippen MR) is 84.8 cm³/mol. The highest BCUT2D eigenvalue weighted by molar-refractivity contribution is 9.10. The second kappa shape index (κ2) is 6.50. The lowest BCUT2D eigenvalue weighted by molar-refractivity contribution is 0.538. The van der Waals surface area contributed by atoms with E-state index in [9.17, 15) is 0 Å². The van der Waals surface area contributed by atoms with Crippen molar-refractivity contribution in [3.05, 3.63) is 45.4 Å². The topological polar surface area (TPSA) is 42.7 Å². The normalized spacial score (nSPS) is 12.7. The van der Waals surface area contributed by atoms with Gasteiger partial charge in [-0.25, -0.2) is 0 Å². The molecule has 5 heteroatoms. The number of nitrogens with one attached hydrogen (secondary N) is 1. The third kappa shape index (κ3) is 3.10. The minimum Gasteiger partial charge on any atom is -0.313 e. The van der Waals surface area contributed by atoms with Crippen LogP contribution >= 0.6 is 15.9 Å². The lowest BCUT2D eigenvalue weighted by Gasteiger charge is -2.17. The van der Waals surface area contributed by atoms with Gasteiger partial charge in [-0.2, -0.15) is 5.10 Å². The number of nitrogens with zero attached hydrogens (tertiary/aromatic N) is 3. The second-order valence-corrected chi connectivity index (χ2v) is 5.80. The maximum Gasteiger partial charge on any atom is 0.0738 e. The highest BCUT2D eigenvalue weighted by Crippen LogP contribution is 2.26. The lowest BCUT2D eigenvalue weighted by atomic mass is 10.0. The van der Waals surface area contributed by atoms with Crippen LogP contribution in [-0.2, 0) is 13.0 Å². The molecule has 0 saturated carbocycles. The van der Waals surface area contributed by atoms with Crippen molar-refractivity contribution in [1.82, 2.24) is 20.1 Å². The third-order valence-corrected chi connectivity index (χ3v) is 4.53. The Labute approximate surface area is 128 Å². The van der Waals surface area contributed by atoms with E-state index < -0.39 is 0 Å². The summed E-state index contributed by atoms with van der Waals surface area (Å²) in [7, 11) is 1.99. The summed E-state index contributed by atoms with van der Waals surface area (Å²) >= 11 is 3.66. The average molecular weight is 337 g/mol. The van der Waals surface area contributed by atoms with Crippen LogP contribution in [0.2, 0.25) is 0 Å².